The van der Waals surface area contributed by atoms with Crippen molar-refractivity contribution in [3.05, 3.63) is 41.6 Å². The number of nitrogen functional groups attached to an aromatic ring is 1. The summed E-state index contributed by atoms with van der Waals surface area (Å²) in [6, 6.07) is 9.73. The average Bonchev–Trinajstić information content (AvgIpc) is 2.55. The third kappa shape index (κ3) is 2.67. The van der Waals surface area contributed by atoms with Gasteiger partial charge in [-0.05, 0) is 5.56 Å². The van der Waals surface area contributed by atoms with Crippen LogP contribution in [-0.2, 0) is 13.6 Å². The van der Waals surface area contributed by atoms with Crippen molar-refractivity contribution in [2.75, 3.05) is 5.73 Å². The van der Waals surface area contributed by atoms with Crippen LogP contribution in [0.1, 0.15) is 16.1 Å². The molecule has 0 saturated carbocycles. The fourth-order valence-electron chi connectivity index (χ4n) is 1.70. The summed E-state index contributed by atoms with van der Waals surface area (Å²) in [7, 11) is 1.64. The maximum absolute atomic E-state index is 11.2. The van der Waals surface area contributed by atoms with Gasteiger partial charge in [-0.2, -0.15) is 4.68 Å². The van der Waals surface area contributed by atoms with Crippen LogP contribution >= 0.6 is 0 Å². The van der Waals surface area contributed by atoms with Gasteiger partial charge >= 0.3 is 0 Å². The number of amides is 1. The molecule has 0 fully saturated rings. The molecule has 6 nitrogen and oxygen atoms in total. The molecule has 1 amide bonds. The van der Waals surface area contributed by atoms with Crippen LogP contribution in [0.3, 0.4) is 0 Å². The van der Waals surface area contributed by atoms with E-state index in [0.29, 0.717) is 6.54 Å². The number of hydrogen-bond acceptors (Lipinski definition) is 3. The number of nitrogens with two attached hydrogens (primary N) is 2. The second kappa shape index (κ2) is 5.63. The number of rotatable bonds is 3. The minimum atomic E-state index is -0.579. The molecule has 18 heavy (non-hydrogen) atoms. The van der Waals surface area contributed by atoms with Crippen molar-refractivity contribution >= 4 is 11.7 Å². The molecule has 2 rings (SSSR count). The Balaban J connectivity index is 0.00000162. The Morgan fingerprint density at radius 2 is 2.00 bits per heavy atom. The van der Waals surface area contributed by atoms with E-state index < -0.39 is 5.91 Å². The summed E-state index contributed by atoms with van der Waals surface area (Å²) >= 11 is 0. The number of benzene rings is 1. The minimum absolute atomic E-state index is 0. The number of carbonyl (C=O) groups is 1. The summed E-state index contributed by atoms with van der Waals surface area (Å²) in [5.74, 6) is -0.298. The van der Waals surface area contributed by atoms with E-state index in [1.54, 1.807) is 11.7 Å². The van der Waals surface area contributed by atoms with Gasteiger partial charge in [0.2, 0.25) is 0 Å². The second-order valence-electron chi connectivity index (χ2n) is 3.75. The Morgan fingerprint density at radius 3 is 2.50 bits per heavy atom. The molecule has 0 aliphatic carbocycles. The third-order valence-corrected chi connectivity index (χ3v) is 2.49. The summed E-state index contributed by atoms with van der Waals surface area (Å²) in [5, 5.41) is 4.13. The summed E-state index contributed by atoms with van der Waals surface area (Å²) in [5.41, 5.74) is 12.3. The van der Waals surface area contributed by atoms with Gasteiger partial charge in [0.25, 0.3) is 17.4 Å². The van der Waals surface area contributed by atoms with Crippen molar-refractivity contribution in [2.24, 2.45) is 12.8 Å². The molecule has 1 heterocycles. The molecule has 0 saturated heterocycles. The number of nitrogens with zero attached hydrogens (tertiary/aromatic N) is 3. The topological polar surface area (TPSA) is 90.8 Å². The van der Waals surface area contributed by atoms with Gasteiger partial charge < -0.3 is 28.4 Å². The molecule has 1 aromatic heterocycles. The molecule has 1 aromatic carbocycles. The largest absolute Gasteiger partial charge is 1.00 e. The molecule has 4 N–H and O–H groups in total. The van der Waals surface area contributed by atoms with E-state index >= 15 is 0 Å². The van der Waals surface area contributed by atoms with E-state index in [0.717, 1.165) is 5.56 Å². The highest BCUT2D eigenvalue weighted by Crippen LogP contribution is 2.05. The van der Waals surface area contributed by atoms with Crippen molar-refractivity contribution in [2.45, 2.75) is 6.54 Å². The third-order valence-electron chi connectivity index (χ3n) is 2.49. The Labute approximate surface area is 115 Å². The number of carbonyl (C=O) groups excluding carboxylic acids is 1. The van der Waals surface area contributed by atoms with E-state index in [1.165, 1.54) is 4.68 Å². The molecule has 0 atom stereocenters. The van der Waals surface area contributed by atoms with Crippen LogP contribution in [0.15, 0.2) is 30.3 Å². The highest BCUT2D eigenvalue weighted by atomic mass is 79.9. The Morgan fingerprint density at radius 1 is 1.39 bits per heavy atom. The summed E-state index contributed by atoms with van der Waals surface area (Å²) in [4.78, 5) is 11.2. The number of aryl methyl sites for hydroxylation is 1. The molecule has 0 aliphatic rings. The van der Waals surface area contributed by atoms with Gasteiger partial charge in [-0.15, -0.1) is 4.68 Å². The predicted molar refractivity (Wildman–Crippen MR) is 61.9 cm³/mol. The zero-order valence-corrected chi connectivity index (χ0v) is 11.5. The average molecular weight is 312 g/mol. The fraction of sp³-hybridized carbons (Fsp3) is 0.182. The first-order valence-corrected chi connectivity index (χ1v) is 5.16. The van der Waals surface area contributed by atoms with Gasteiger partial charge in [0.1, 0.15) is 6.54 Å². The van der Waals surface area contributed by atoms with Crippen LogP contribution in [0.25, 0.3) is 0 Å². The maximum Gasteiger partial charge on any atom is 0.289 e. The first-order valence-electron chi connectivity index (χ1n) is 5.16. The predicted octanol–water partition coefficient (Wildman–Crippen LogP) is -3.56. The normalized spacial score (nSPS) is 9.83. The standard InChI is InChI=1S/C11H13N5O.BrH/c1-15-9(11(13)17)10(12)16(14-15)7-8-5-3-2-4-6-8;/h2-6H,7H2,1H3,(H3-,12,13,14,17);1H. The van der Waals surface area contributed by atoms with Crippen LogP contribution in [0.5, 0.6) is 0 Å². The number of primary amides is 1. The van der Waals surface area contributed by atoms with Gasteiger partial charge in [-0.25, -0.2) is 0 Å². The Hall–Kier alpha value is -1.89. The zero-order valence-electron chi connectivity index (χ0n) is 9.88. The monoisotopic (exact) mass is 311 g/mol. The molecule has 0 aliphatic heterocycles. The van der Waals surface area contributed by atoms with Crippen LogP contribution in [0, 0.1) is 0 Å². The second-order valence-corrected chi connectivity index (χ2v) is 3.75. The van der Waals surface area contributed by atoms with Crippen LogP contribution in [0.4, 0.5) is 5.82 Å². The van der Waals surface area contributed by atoms with Gasteiger partial charge in [0.05, 0.1) is 7.05 Å². The first-order chi connectivity index (χ1) is 8.09. The number of hydrogen-bond donors (Lipinski definition) is 2. The lowest BCUT2D eigenvalue weighted by Gasteiger charge is -1.97. The van der Waals surface area contributed by atoms with Crippen molar-refractivity contribution in [3.8, 4) is 0 Å². The van der Waals surface area contributed by atoms with E-state index in [2.05, 4.69) is 5.21 Å². The molecule has 0 unspecified atom stereocenters. The fourth-order valence-corrected chi connectivity index (χ4v) is 1.70. The van der Waals surface area contributed by atoms with Gasteiger partial charge in [0.15, 0.2) is 0 Å². The summed E-state index contributed by atoms with van der Waals surface area (Å²) < 4.78 is 2.94. The molecule has 0 radical (unpaired) electrons. The molecule has 7 heteroatoms. The van der Waals surface area contributed by atoms with E-state index in [4.69, 9.17) is 11.5 Å². The summed E-state index contributed by atoms with van der Waals surface area (Å²) in [6.07, 6.45) is 0. The highest BCUT2D eigenvalue weighted by molar-refractivity contribution is 5.94. The number of halogens is 1. The van der Waals surface area contributed by atoms with E-state index in [-0.39, 0.29) is 28.5 Å². The molecule has 96 valence electrons. The number of anilines is 1. The lowest BCUT2D eigenvalue weighted by Crippen LogP contribution is -3.00. The smallest absolute Gasteiger partial charge is 0.289 e. The lowest BCUT2D eigenvalue weighted by molar-refractivity contribution is -0.734. The molecule has 0 spiro atoms. The van der Waals surface area contributed by atoms with Crippen LogP contribution < -0.4 is 33.1 Å². The molecule has 2 aromatic rings. The summed E-state index contributed by atoms with van der Waals surface area (Å²) in [6.45, 7) is 0.508. The van der Waals surface area contributed by atoms with Gasteiger partial charge in [0, 0.05) is 5.21 Å². The molecule has 0 bridgehead atoms. The first kappa shape index (κ1) is 14.2. The van der Waals surface area contributed by atoms with Crippen LogP contribution in [-0.4, -0.2) is 15.8 Å². The Bertz CT molecular complexity index is 552. The quantitative estimate of drug-likeness (QED) is 0.575. The zero-order chi connectivity index (χ0) is 12.4. The lowest BCUT2D eigenvalue weighted by atomic mass is 10.2. The van der Waals surface area contributed by atoms with E-state index in [1.807, 2.05) is 30.3 Å². The SMILES string of the molecule is Cn1n[n+](Cc2ccccc2)c(N)c1C(N)=O.[Br-]. The van der Waals surface area contributed by atoms with Crippen molar-refractivity contribution < 1.29 is 26.5 Å². The van der Waals surface area contributed by atoms with Crippen molar-refractivity contribution in [1.29, 1.82) is 0 Å². The van der Waals surface area contributed by atoms with E-state index in [9.17, 15) is 4.79 Å². The number of aromatic nitrogens is 3. The minimum Gasteiger partial charge on any atom is -1.00 e. The Kier molecular flexibility index (Phi) is 4.43. The van der Waals surface area contributed by atoms with Crippen LogP contribution in [0.2, 0.25) is 0 Å². The maximum atomic E-state index is 11.2. The molecular weight excluding hydrogens is 298 g/mol. The van der Waals surface area contributed by atoms with Gasteiger partial charge in [-0.1, -0.05) is 30.3 Å². The van der Waals surface area contributed by atoms with Crippen molar-refractivity contribution in [1.82, 2.24) is 9.90 Å². The van der Waals surface area contributed by atoms with Crippen molar-refractivity contribution in [3.63, 3.8) is 0 Å². The van der Waals surface area contributed by atoms with Gasteiger partial charge in [-0.3, -0.25) is 4.79 Å². The molecular formula is C11H14BrN5O. The highest BCUT2D eigenvalue weighted by Gasteiger charge is 2.23.